The summed E-state index contributed by atoms with van der Waals surface area (Å²) in [5.74, 6) is -0.933. The van der Waals surface area contributed by atoms with E-state index in [9.17, 15) is 4.39 Å². The van der Waals surface area contributed by atoms with E-state index in [4.69, 9.17) is 10.8 Å². The van der Waals surface area contributed by atoms with Crippen molar-refractivity contribution in [2.75, 3.05) is 6.54 Å². The van der Waals surface area contributed by atoms with E-state index >= 15 is 0 Å². The Bertz CT molecular complexity index is 281. The molecule has 1 aromatic rings. The van der Waals surface area contributed by atoms with Crippen LogP contribution in [0.2, 0.25) is 0 Å². The van der Waals surface area contributed by atoms with Gasteiger partial charge in [-0.05, 0) is 53.0 Å². The van der Waals surface area contributed by atoms with Crippen molar-refractivity contribution in [3.8, 4) is 5.75 Å². The monoisotopic (exact) mass is 247 g/mol. The summed E-state index contributed by atoms with van der Waals surface area (Å²) >= 11 is 3.02. The van der Waals surface area contributed by atoms with Crippen LogP contribution in [-0.4, -0.2) is 11.7 Å². The maximum Gasteiger partial charge on any atom is 0.178 e. The maximum atomic E-state index is 12.9. The van der Waals surface area contributed by atoms with Crippen molar-refractivity contribution >= 4 is 15.9 Å². The second-order valence-electron chi connectivity index (χ2n) is 2.80. The summed E-state index contributed by atoms with van der Waals surface area (Å²) < 4.78 is 13.2. The zero-order valence-electron chi connectivity index (χ0n) is 7.06. The van der Waals surface area contributed by atoms with Crippen molar-refractivity contribution in [3.63, 3.8) is 0 Å². The third-order valence-electron chi connectivity index (χ3n) is 1.74. The van der Waals surface area contributed by atoms with Gasteiger partial charge in [-0.1, -0.05) is 0 Å². The number of hydrogen-bond donors (Lipinski definition) is 2. The van der Waals surface area contributed by atoms with Crippen LogP contribution in [0.3, 0.4) is 0 Å². The minimum Gasteiger partial charge on any atom is -0.505 e. The van der Waals surface area contributed by atoms with E-state index in [2.05, 4.69) is 15.9 Å². The van der Waals surface area contributed by atoms with Gasteiger partial charge in [0.15, 0.2) is 11.6 Å². The van der Waals surface area contributed by atoms with Crippen molar-refractivity contribution in [2.24, 2.45) is 5.73 Å². The molecule has 0 aliphatic rings. The second kappa shape index (κ2) is 4.58. The maximum absolute atomic E-state index is 12.9. The molecule has 4 heteroatoms. The first-order valence-corrected chi connectivity index (χ1v) is 4.81. The smallest absolute Gasteiger partial charge is 0.178 e. The van der Waals surface area contributed by atoms with Crippen molar-refractivity contribution < 1.29 is 9.50 Å². The Morgan fingerprint density at radius 1 is 1.46 bits per heavy atom. The van der Waals surface area contributed by atoms with Gasteiger partial charge in [0.05, 0.1) is 4.47 Å². The quantitative estimate of drug-likeness (QED) is 0.861. The molecular formula is C9H11BrFNO. The van der Waals surface area contributed by atoms with Crippen molar-refractivity contribution in [3.05, 3.63) is 28.0 Å². The Hall–Kier alpha value is -0.610. The van der Waals surface area contributed by atoms with Crippen LogP contribution >= 0.6 is 15.9 Å². The van der Waals surface area contributed by atoms with Crippen molar-refractivity contribution in [1.29, 1.82) is 0 Å². The topological polar surface area (TPSA) is 46.2 Å². The first-order chi connectivity index (χ1) is 6.15. The molecule has 72 valence electrons. The van der Waals surface area contributed by atoms with E-state index in [1.807, 2.05) is 0 Å². The van der Waals surface area contributed by atoms with Crippen molar-refractivity contribution in [1.82, 2.24) is 0 Å². The summed E-state index contributed by atoms with van der Waals surface area (Å²) in [6.45, 7) is 0.593. The fourth-order valence-electron chi connectivity index (χ4n) is 1.08. The van der Waals surface area contributed by atoms with E-state index in [0.29, 0.717) is 11.0 Å². The molecule has 0 aromatic heterocycles. The number of phenolic OH excluding ortho intramolecular Hbond substituents is 1. The Balaban J connectivity index is 2.86. The standard InChI is InChI=1S/C9H11BrFNO/c10-7-4-6(2-1-3-12)5-8(13)9(7)11/h4-5,13H,1-3,12H2. The SMILES string of the molecule is NCCCc1cc(O)c(F)c(Br)c1. The van der Waals surface area contributed by atoms with E-state index in [1.165, 1.54) is 6.07 Å². The molecular weight excluding hydrogens is 237 g/mol. The van der Waals surface area contributed by atoms with Crippen LogP contribution in [-0.2, 0) is 6.42 Å². The Labute approximate surface area is 84.7 Å². The number of aryl methyl sites for hydroxylation is 1. The van der Waals surface area contributed by atoms with Crippen LogP contribution < -0.4 is 5.73 Å². The van der Waals surface area contributed by atoms with Gasteiger partial charge in [-0.2, -0.15) is 0 Å². The van der Waals surface area contributed by atoms with Gasteiger partial charge >= 0.3 is 0 Å². The zero-order valence-corrected chi connectivity index (χ0v) is 8.64. The number of rotatable bonds is 3. The summed E-state index contributed by atoms with van der Waals surface area (Å²) in [5.41, 5.74) is 6.22. The average Bonchev–Trinajstić information content (AvgIpc) is 2.10. The number of halogens is 2. The summed E-state index contributed by atoms with van der Waals surface area (Å²) in [4.78, 5) is 0. The second-order valence-corrected chi connectivity index (χ2v) is 3.66. The highest BCUT2D eigenvalue weighted by Gasteiger charge is 2.06. The van der Waals surface area contributed by atoms with Gasteiger partial charge in [0.2, 0.25) is 0 Å². The highest BCUT2D eigenvalue weighted by atomic mass is 79.9. The zero-order chi connectivity index (χ0) is 9.84. The van der Waals surface area contributed by atoms with Crippen LogP contribution in [0.1, 0.15) is 12.0 Å². The van der Waals surface area contributed by atoms with Crippen LogP contribution in [0.15, 0.2) is 16.6 Å². The van der Waals surface area contributed by atoms with Gasteiger partial charge in [-0.15, -0.1) is 0 Å². The van der Waals surface area contributed by atoms with E-state index < -0.39 is 5.82 Å². The Morgan fingerprint density at radius 3 is 2.69 bits per heavy atom. The number of phenols is 1. The van der Waals surface area contributed by atoms with Crippen LogP contribution in [0, 0.1) is 5.82 Å². The number of aromatic hydroxyl groups is 1. The minimum atomic E-state index is -0.614. The molecule has 2 nitrogen and oxygen atoms in total. The first-order valence-electron chi connectivity index (χ1n) is 4.02. The molecule has 3 N–H and O–H groups in total. The predicted molar refractivity (Wildman–Crippen MR) is 53.1 cm³/mol. The Kier molecular flexibility index (Phi) is 3.69. The fourth-order valence-corrected chi connectivity index (χ4v) is 1.58. The van der Waals surface area contributed by atoms with E-state index in [1.54, 1.807) is 6.07 Å². The van der Waals surface area contributed by atoms with Gasteiger partial charge < -0.3 is 10.8 Å². The summed E-state index contributed by atoms with van der Waals surface area (Å²) in [6.07, 6.45) is 1.58. The van der Waals surface area contributed by atoms with Gasteiger partial charge in [0.1, 0.15) is 0 Å². The molecule has 0 atom stereocenters. The number of benzene rings is 1. The molecule has 0 fully saturated rings. The largest absolute Gasteiger partial charge is 0.505 e. The highest BCUT2D eigenvalue weighted by molar-refractivity contribution is 9.10. The van der Waals surface area contributed by atoms with Crippen LogP contribution in [0.4, 0.5) is 4.39 Å². The molecule has 0 saturated heterocycles. The lowest BCUT2D eigenvalue weighted by Crippen LogP contribution is -2.00. The van der Waals surface area contributed by atoms with Gasteiger partial charge in [0, 0.05) is 0 Å². The summed E-state index contributed by atoms with van der Waals surface area (Å²) in [5, 5.41) is 9.14. The number of hydrogen-bond acceptors (Lipinski definition) is 2. The van der Waals surface area contributed by atoms with E-state index in [0.717, 1.165) is 18.4 Å². The lowest BCUT2D eigenvalue weighted by molar-refractivity contribution is 0.429. The van der Waals surface area contributed by atoms with Crippen molar-refractivity contribution in [2.45, 2.75) is 12.8 Å². The molecule has 13 heavy (non-hydrogen) atoms. The van der Waals surface area contributed by atoms with Gasteiger partial charge in [-0.3, -0.25) is 0 Å². The van der Waals surface area contributed by atoms with E-state index in [-0.39, 0.29) is 5.75 Å². The van der Waals surface area contributed by atoms with Gasteiger partial charge in [0.25, 0.3) is 0 Å². The molecule has 0 amide bonds. The molecule has 0 spiro atoms. The Morgan fingerprint density at radius 2 is 2.15 bits per heavy atom. The molecule has 1 rings (SSSR count). The molecule has 0 unspecified atom stereocenters. The third-order valence-corrected chi connectivity index (χ3v) is 2.32. The normalized spacial score (nSPS) is 10.4. The van der Waals surface area contributed by atoms with Crippen LogP contribution in [0.5, 0.6) is 5.75 Å². The molecule has 0 radical (unpaired) electrons. The summed E-state index contributed by atoms with van der Waals surface area (Å²) in [6, 6.07) is 3.08. The highest BCUT2D eigenvalue weighted by Crippen LogP contribution is 2.26. The minimum absolute atomic E-state index is 0.291. The molecule has 0 saturated carbocycles. The molecule has 0 bridgehead atoms. The van der Waals surface area contributed by atoms with Gasteiger partial charge in [-0.25, -0.2) is 4.39 Å². The fraction of sp³-hybridized carbons (Fsp3) is 0.333. The molecule has 1 aromatic carbocycles. The molecule has 0 aliphatic carbocycles. The van der Waals surface area contributed by atoms with Crippen LogP contribution in [0.25, 0.3) is 0 Å². The first kappa shape index (κ1) is 10.5. The summed E-state index contributed by atoms with van der Waals surface area (Å²) in [7, 11) is 0. The molecule has 0 aliphatic heterocycles. The lowest BCUT2D eigenvalue weighted by Gasteiger charge is -2.03. The lowest BCUT2D eigenvalue weighted by atomic mass is 10.1. The molecule has 0 heterocycles. The third kappa shape index (κ3) is 2.67. The average molecular weight is 248 g/mol. The number of nitrogens with two attached hydrogens (primary N) is 1. The predicted octanol–water partition coefficient (Wildman–Crippen LogP) is 2.19.